The molecule has 0 saturated carbocycles. The summed E-state index contributed by atoms with van der Waals surface area (Å²) in [5, 5.41) is 2.88. The van der Waals surface area contributed by atoms with Gasteiger partial charge in [0, 0.05) is 4.90 Å². The molecule has 0 atom stereocenters. The molecule has 1 amide bonds. The molecule has 122 valence electrons. The molecule has 0 aliphatic carbocycles. The first-order valence-corrected chi connectivity index (χ1v) is 8.69. The molecule has 23 heavy (non-hydrogen) atoms. The van der Waals surface area contributed by atoms with Gasteiger partial charge in [0.2, 0.25) is 5.91 Å². The van der Waals surface area contributed by atoms with Gasteiger partial charge in [0.1, 0.15) is 12.4 Å². The SMILES string of the molecule is Cc1ccc(SCC(=O)NCCOc2cc(C)ccc2C)cc1. The van der Waals surface area contributed by atoms with E-state index >= 15 is 0 Å². The molecule has 0 fully saturated rings. The van der Waals surface area contributed by atoms with Crippen LogP contribution >= 0.6 is 11.8 Å². The van der Waals surface area contributed by atoms with Crippen molar-refractivity contribution in [3.63, 3.8) is 0 Å². The maximum Gasteiger partial charge on any atom is 0.230 e. The number of thioether (sulfide) groups is 1. The molecule has 3 nitrogen and oxygen atoms in total. The van der Waals surface area contributed by atoms with Crippen LogP contribution in [0.25, 0.3) is 0 Å². The maximum atomic E-state index is 11.8. The van der Waals surface area contributed by atoms with E-state index < -0.39 is 0 Å². The number of carbonyl (C=O) groups is 1. The second-order valence-electron chi connectivity index (χ2n) is 5.57. The van der Waals surface area contributed by atoms with Gasteiger partial charge in [0.25, 0.3) is 0 Å². The van der Waals surface area contributed by atoms with Gasteiger partial charge >= 0.3 is 0 Å². The van der Waals surface area contributed by atoms with E-state index in [9.17, 15) is 4.79 Å². The average Bonchev–Trinajstić information content (AvgIpc) is 2.54. The normalized spacial score (nSPS) is 10.4. The summed E-state index contributed by atoms with van der Waals surface area (Å²) in [5.41, 5.74) is 3.50. The van der Waals surface area contributed by atoms with E-state index in [4.69, 9.17) is 4.74 Å². The highest BCUT2D eigenvalue weighted by molar-refractivity contribution is 8.00. The van der Waals surface area contributed by atoms with Crippen LogP contribution in [0, 0.1) is 20.8 Å². The van der Waals surface area contributed by atoms with E-state index in [0.717, 1.165) is 16.2 Å². The summed E-state index contributed by atoms with van der Waals surface area (Å²) >= 11 is 1.54. The molecule has 0 radical (unpaired) electrons. The molecule has 0 aliphatic rings. The van der Waals surface area contributed by atoms with Crippen molar-refractivity contribution in [1.29, 1.82) is 0 Å². The smallest absolute Gasteiger partial charge is 0.230 e. The monoisotopic (exact) mass is 329 g/mol. The number of hydrogen-bond donors (Lipinski definition) is 1. The summed E-state index contributed by atoms with van der Waals surface area (Å²) in [6, 6.07) is 14.3. The molecular formula is C19H23NO2S. The van der Waals surface area contributed by atoms with E-state index in [2.05, 4.69) is 30.4 Å². The zero-order chi connectivity index (χ0) is 16.7. The Kier molecular flexibility index (Phi) is 6.53. The molecule has 0 aromatic heterocycles. The second kappa shape index (κ2) is 8.63. The third-order valence-corrected chi connectivity index (χ3v) is 4.43. The largest absolute Gasteiger partial charge is 0.491 e. The van der Waals surface area contributed by atoms with Crippen LogP contribution < -0.4 is 10.1 Å². The molecule has 0 saturated heterocycles. The first-order valence-electron chi connectivity index (χ1n) is 7.71. The van der Waals surface area contributed by atoms with E-state index in [0.29, 0.717) is 18.9 Å². The molecule has 2 aromatic rings. The summed E-state index contributed by atoms with van der Waals surface area (Å²) in [5.74, 6) is 1.33. The topological polar surface area (TPSA) is 38.3 Å². The Morgan fingerprint density at radius 1 is 1.04 bits per heavy atom. The number of amides is 1. The highest BCUT2D eigenvalue weighted by Crippen LogP contribution is 2.19. The fourth-order valence-corrected chi connectivity index (χ4v) is 2.78. The number of rotatable bonds is 7. The minimum absolute atomic E-state index is 0.0279. The van der Waals surface area contributed by atoms with Gasteiger partial charge in [-0.25, -0.2) is 0 Å². The predicted octanol–water partition coefficient (Wildman–Crippen LogP) is 3.90. The predicted molar refractivity (Wildman–Crippen MR) is 96.3 cm³/mol. The Morgan fingerprint density at radius 2 is 1.74 bits per heavy atom. The van der Waals surface area contributed by atoms with Crippen molar-refractivity contribution in [1.82, 2.24) is 5.32 Å². The molecule has 2 aromatic carbocycles. The first-order chi connectivity index (χ1) is 11.0. The highest BCUT2D eigenvalue weighted by atomic mass is 32.2. The van der Waals surface area contributed by atoms with Crippen LogP contribution in [0.2, 0.25) is 0 Å². The minimum Gasteiger partial charge on any atom is -0.491 e. The van der Waals surface area contributed by atoms with Crippen LogP contribution in [0.15, 0.2) is 47.4 Å². The summed E-state index contributed by atoms with van der Waals surface area (Å²) in [7, 11) is 0. The number of nitrogens with one attached hydrogen (secondary N) is 1. The number of carbonyl (C=O) groups excluding carboxylic acids is 1. The first kappa shape index (κ1) is 17.4. The second-order valence-corrected chi connectivity index (χ2v) is 6.62. The minimum atomic E-state index is 0.0279. The lowest BCUT2D eigenvalue weighted by atomic mass is 10.1. The number of hydrogen-bond acceptors (Lipinski definition) is 3. The van der Waals surface area contributed by atoms with Gasteiger partial charge < -0.3 is 10.1 Å². The number of ether oxygens (including phenoxy) is 1. The third-order valence-electron chi connectivity index (χ3n) is 3.42. The van der Waals surface area contributed by atoms with Crippen molar-refractivity contribution in [2.24, 2.45) is 0 Å². The van der Waals surface area contributed by atoms with Crippen molar-refractivity contribution < 1.29 is 9.53 Å². The Balaban J connectivity index is 1.66. The van der Waals surface area contributed by atoms with E-state index in [1.54, 1.807) is 11.8 Å². The van der Waals surface area contributed by atoms with Crippen LogP contribution in [-0.4, -0.2) is 24.8 Å². The standard InChI is InChI=1S/C19H23NO2S/c1-14-5-8-17(9-6-14)23-13-19(21)20-10-11-22-18-12-15(2)4-7-16(18)3/h4-9,12H,10-11,13H2,1-3H3,(H,20,21). The number of benzene rings is 2. The Morgan fingerprint density at radius 3 is 2.48 bits per heavy atom. The van der Waals surface area contributed by atoms with E-state index in [1.807, 2.05) is 38.1 Å². The van der Waals surface area contributed by atoms with Crippen LogP contribution in [0.1, 0.15) is 16.7 Å². The van der Waals surface area contributed by atoms with Crippen LogP contribution in [0.5, 0.6) is 5.75 Å². The van der Waals surface area contributed by atoms with Crippen LogP contribution in [-0.2, 0) is 4.79 Å². The van der Waals surface area contributed by atoms with Crippen LogP contribution in [0.3, 0.4) is 0 Å². The van der Waals surface area contributed by atoms with Gasteiger partial charge in [-0.1, -0.05) is 29.8 Å². The lowest BCUT2D eigenvalue weighted by Gasteiger charge is -2.10. The van der Waals surface area contributed by atoms with Gasteiger partial charge in [-0.15, -0.1) is 11.8 Å². The van der Waals surface area contributed by atoms with Crippen LogP contribution in [0.4, 0.5) is 0 Å². The molecule has 1 N–H and O–H groups in total. The van der Waals surface area contributed by atoms with Crippen molar-refractivity contribution in [3.8, 4) is 5.75 Å². The van der Waals surface area contributed by atoms with E-state index in [1.165, 1.54) is 11.1 Å². The third kappa shape index (κ3) is 5.99. The molecule has 0 aliphatic heterocycles. The molecule has 0 unspecified atom stereocenters. The molecule has 2 rings (SSSR count). The number of aryl methyl sites for hydroxylation is 3. The lowest BCUT2D eigenvalue weighted by molar-refractivity contribution is -0.118. The van der Waals surface area contributed by atoms with Gasteiger partial charge in [0.15, 0.2) is 0 Å². The fourth-order valence-electron chi connectivity index (χ4n) is 2.05. The quantitative estimate of drug-likeness (QED) is 0.618. The Hall–Kier alpha value is -1.94. The maximum absolute atomic E-state index is 11.8. The molecule has 0 heterocycles. The van der Waals surface area contributed by atoms with E-state index in [-0.39, 0.29) is 5.91 Å². The molecule has 4 heteroatoms. The van der Waals surface area contributed by atoms with Gasteiger partial charge in [-0.3, -0.25) is 4.79 Å². The summed E-state index contributed by atoms with van der Waals surface area (Å²) in [6.45, 7) is 7.10. The van der Waals surface area contributed by atoms with Crippen molar-refractivity contribution in [2.75, 3.05) is 18.9 Å². The van der Waals surface area contributed by atoms with Crippen molar-refractivity contribution in [2.45, 2.75) is 25.7 Å². The van der Waals surface area contributed by atoms with Gasteiger partial charge in [0.05, 0.1) is 12.3 Å². The van der Waals surface area contributed by atoms with Crippen molar-refractivity contribution >= 4 is 17.7 Å². The Labute approximate surface area is 142 Å². The Bertz CT molecular complexity index is 653. The molecule has 0 bridgehead atoms. The summed E-state index contributed by atoms with van der Waals surface area (Å²) in [4.78, 5) is 12.9. The molecular weight excluding hydrogens is 306 g/mol. The average molecular weight is 329 g/mol. The van der Waals surface area contributed by atoms with Gasteiger partial charge in [-0.05, 0) is 50.1 Å². The fraction of sp³-hybridized carbons (Fsp3) is 0.316. The molecule has 0 spiro atoms. The zero-order valence-electron chi connectivity index (χ0n) is 13.9. The van der Waals surface area contributed by atoms with Gasteiger partial charge in [-0.2, -0.15) is 0 Å². The summed E-state index contributed by atoms with van der Waals surface area (Å²) < 4.78 is 5.72. The lowest BCUT2D eigenvalue weighted by Crippen LogP contribution is -2.29. The summed E-state index contributed by atoms with van der Waals surface area (Å²) in [6.07, 6.45) is 0. The highest BCUT2D eigenvalue weighted by Gasteiger charge is 2.03. The zero-order valence-corrected chi connectivity index (χ0v) is 14.7. The van der Waals surface area contributed by atoms with Crippen molar-refractivity contribution in [3.05, 3.63) is 59.2 Å².